The fraction of sp³-hybridized carbons (Fsp3) is 0.412. The highest BCUT2D eigenvalue weighted by atomic mass is 79.9. The van der Waals surface area contributed by atoms with Gasteiger partial charge in [-0.15, -0.1) is 0 Å². The number of furan rings is 1. The van der Waals surface area contributed by atoms with Gasteiger partial charge in [0.25, 0.3) is 5.91 Å². The zero-order valence-electron chi connectivity index (χ0n) is 13.5. The number of hydrogen-bond donors (Lipinski definition) is 0. The number of rotatable bonds is 3. The van der Waals surface area contributed by atoms with Gasteiger partial charge in [-0.25, -0.2) is 4.79 Å². The first kappa shape index (κ1) is 17.0. The van der Waals surface area contributed by atoms with E-state index in [0.717, 1.165) is 9.86 Å². The third-order valence-corrected chi connectivity index (χ3v) is 4.53. The predicted octanol–water partition coefficient (Wildman–Crippen LogP) is 2.91. The van der Waals surface area contributed by atoms with Crippen molar-refractivity contribution in [3.05, 3.63) is 34.0 Å². The van der Waals surface area contributed by atoms with Crippen molar-refractivity contribution in [3.8, 4) is 0 Å². The maximum absolute atomic E-state index is 12.4. The van der Waals surface area contributed by atoms with E-state index in [1.165, 1.54) is 0 Å². The second-order valence-electron chi connectivity index (χ2n) is 5.68. The number of halogens is 1. The van der Waals surface area contributed by atoms with E-state index in [-0.39, 0.29) is 11.7 Å². The zero-order valence-corrected chi connectivity index (χ0v) is 15.1. The Labute approximate surface area is 147 Å². The monoisotopic (exact) mass is 395 g/mol. The van der Waals surface area contributed by atoms with Gasteiger partial charge in [-0.3, -0.25) is 4.79 Å². The summed E-state index contributed by atoms with van der Waals surface area (Å²) in [5.41, 5.74) is 1.30. The van der Waals surface area contributed by atoms with Crippen LogP contribution in [-0.4, -0.2) is 49.2 Å². The summed E-state index contributed by atoms with van der Waals surface area (Å²) in [6.45, 7) is 5.40. The number of aryl methyl sites for hydroxylation is 1. The minimum atomic E-state index is -0.866. The minimum Gasteiger partial charge on any atom is -0.449 e. The van der Waals surface area contributed by atoms with E-state index in [1.54, 1.807) is 24.8 Å². The molecule has 128 valence electrons. The Morgan fingerprint density at radius 3 is 2.71 bits per heavy atom. The van der Waals surface area contributed by atoms with Crippen LogP contribution in [0.2, 0.25) is 0 Å². The second-order valence-corrected chi connectivity index (χ2v) is 6.60. The van der Waals surface area contributed by atoms with Crippen LogP contribution in [0.25, 0.3) is 11.0 Å². The molecule has 1 aliphatic heterocycles. The number of hydrogen-bond acceptors (Lipinski definition) is 5. The van der Waals surface area contributed by atoms with Crippen molar-refractivity contribution >= 4 is 38.8 Å². The number of amides is 1. The van der Waals surface area contributed by atoms with E-state index in [4.69, 9.17) is 13.9 Å². The van der Waals surface area contributed by atoms with Crippen molar-refractivity contribution < 1.29 is 23.5 Å². The standard InChI is InChI=1S/C17H18BrNO5/c1-10-13-9-12(18)3-4-14(13)24-15(10)17(21)23-11(2)16(20)19-5-7-22-8-6-19/h3-4,9,11H,5-8H2,1-2H3. The predicted molar refractivity (Wildman–Crippen MR) is 90.9 cm³/mol. The lowest BCUT2D eigenvalue weighted by molar-refractivity contribution is -0.143. The van der Waals surface area contributed by atoms with Gasteiger partial charge in [0.2, 0.25) is 5.76 Å². The Balaban J connectivity index is 1.74. The quantitative estimate of drug-likeness (QED) is 0.747. The first-order valence-electron chi connectivity index (χ1n) is 7.73. The normalized spacial score (nSPS) is 16.2. The molecule has 24 heavy (non-hydrogen) atoms. The van der Waals surface area contributed by atoms with Crippen molar-refractivity contribution in [2.24, 2.45) is 0 Å². The molecule has 0 N–H and O–H groups in total. The summed E-state index contributed by atoms with van der Waals surface area (Å²) >= 11 is 3.40. The molecule has 0 radical (unpaired) electrons. The number of ether oxygens (including phenoxy) is 2. The lowest BCUT2D eigenvalue weighted by Gasteiger charge is -2.28. The number of carbonyl (C=O) groups is 2. The smallest absolute Gasteiger partial charge is 0.375 e. The highest BCUT2D eigenvalue weighted by molar-refractivity contribution is 9.10. The molecule has 0 saturated carbocycles. The van der Waals surface area contributed by atoms with Crippen LogP contribution in [-0.2, 0) is 14.3 Å². The number of fused-ring (bicyclic) bond motifs is 1. The molecular formula is C17H18BrNO5. The Bertz CT molecular complexity index is 779. The molecule has 0 spiro atoms. The number of morpholine rings is 1. The summed E-state index contributed by atoms with van der Waals surface area (Å²) in [5, 5.41) is 0.837. The van der Waals surface area contributed by atoms with E-state index in [9.17, 15) is 9.59 Å². The molecule has 6 nitrogen and oxygen atoms in total. The van der Waals surface area contributed by atoms with Crippen molar-refractivity contribution in [2.45, 2.75) is 20.0 Å². The van der Waals surface area contributed by atoms with E-state index in [2.05, 4.69) is 15.9 Å². The Morgan fingerprint density at radius 1 is 1.29 bits per heavy atom. The number of carbonyl (C=O) groups excluding carboxylic acids is 2. The van der Waals surface area contributed by atoms with Gasteiger partial charge in [-0.05, 0) is 32.0 Å². The molecule has 1 unspecified atom stereocenters. The van der Waals surface area contributed by atoms with Crippen molar-refractivity contribution in [3.63, 3.8) is 0 Å². The van der Waals surface area contributed by atoms with Gasteiger partial charge in [0.15, 0.2) is 6.10 Å². The Hall–Kier alpha value is -1.86. The Morgan fingerprint density at radius 2 is 2.00 bits per heavy atom. The molecule has 1 aliphatic rings. The summed E-state index contributed by atoms with van der Waals surface area (Å²) in [5.74, 6) is -0.721. The maximum Gasteiger partial charge on any atom is 0.375 e. The molecule has 1 fully saturated rings. The number of nitrogens with zero attached hydrogens (tertiary/aromatic N) is 1. The largest absolute Gasteiger partial charge is 0.449 e. The molecule has 2 aromatic rings. The van der Waals surface area contributed by atoms with Crippen LogP contribution in [0, 0.1) is 6.92 Å². The van der Waals surface area contributed by atoms with E-state index in [0.29, 0.717) is 37.4 Å². The molecule has 3 rings (SSSR count). The van der Waals surface area contributed by atoms with Gasteiger partial charge in [0, 0.05) is 28.5 Å². The van der Waals surface area contributed by atoms with Gasteiger partial charge in [-0.1, -0.05) is 15.9 Å². The maximum atomic E-state index is 12.4. The van der Waals surface area contributed by atoms with Crippen molar-refractivity contribution in [2.75, 3.05) is 26.3 Å². The molecule has 1 aromatic carbocycles. The van der Waals surface area contributed by atoms with Crippen LogP contribution in [0.4, 0.5) is 0 Å². The molecular weight excluding hydrogens is 378 g/mol. The first-order valence-corrected chi connectivity index (χ1v) is 8.53. The molecule has 2 heterocycles. The van der Waals surface area contributed by atoms with Crippen LogP contribution in [0.3, 0.4) is 0 Å². The molecule has 1 saturated heterocycles. The minimum absolute atomic E-state index is 0.129. The SMILES string of the molecule is Cc1c(C(=O)OC(C)C(=O)N2CCOCC2)oc2ccc(Br)cc12. The average Bonchev–Trinajstić information content (AvgIpc) is 2.91. The highest BCUT2D eigenvalue weighted by Crippen LogP contribution is 2.28. The van der Waals surface area contributed by atoms with Gasteiger partial charge < -0.3 is 18.8 Å². The fourth-order valence-corrected chi connectivity index (χ4v) is 3.05. The summed E-state index contributed by atoms with van der Waals surface area (Å²) in [6, 6.07) is 5.50. The molecule has 1 atom stereocenters. The van der Waals surface area contributed by atoms with Crippen LogP contribution in [0.15, 0.2) is 27.1 Å². The molecule has 0 aliphatic carbocycles. The molecule has 1 aromatic heterocycles. The van der Waals surface area contributed by atoms with Crippen LogP contribution in [0.5, 0.6) is 0 Å². The van der Waals surface area contributed by atoms with Crippen LogP contribution in [0.1, 0.15) is 23.0 Å². The highest BCUT2D eigenvalue weighted by Gasteiger charge is 2.28. The van der Waals surface area contributed by atoms with Crippen LogP contribution >= 0.6 is 15.9 Å². The second kappa shape index (κ2) is 6.94. The van der Waals surface area contributed by atoms with Gasteiger partial charge in [0.1, 0.15) is 5.58 Å². The van der Waals surface area contributed by atoms with Crippen molar-refractivity contribution in [1.29, 1.82) is 0 Å². The van der Waals surface area contributed by atoms with Crippen molar-refractivity contribution in [1.82, 2.24) is 4.90 Å². The van der Waals surface area contributed by atoms with Gasteiger partial charge >= 0.3 is 5.97 Å². The molecule has 1 amide bonds. The fourth-order valence-electron chi connectivity index (χ4n) is 2.69. The van der Waals surface area contributed by atoms with Gasteiger partial charge in [-0.2, -0.15) is 0 Å². The zero-order chi connectivity index (χ0) is 17.3. The van der Waals surface area contributed by atoms with Crippen LogP contribution < -0.4 is 0 Å². The van der Waals surface area contributed by atoms with E-state index >= 15 is 0 Å². The van der Waals surface area contributed by atoms with E-state index in [1.807, 2.05) is 12.1 Å². The third-order valence-electron chi connectivity index (χ3n) is 4.04. The first-order chi connectivity index (χ1) is 11.5. The number of esters is 1. The number of benzene rings is 1. The molecule has 7 heteroatoms. The lowest BCUT2D eigenvalue weighted by atomic mass is 10.1. The average molecular weight is 396 g/mol. The topological polar surface area (TPSA) is 69.0 Å². The third kappa shape index (κ3) is 3.32. The lowest BCUT2D eigenvalue weighted by Crippen LogP contribution is -2.46. The molecule has 0 bridgehead atoms. The Kier molecular flexibility index (Phi) is 4.91. The van der Waals surface area contributed by atoms with Gasteiger partial charge in [0.05, 0.1) is 13.2 Å². The summed E-state index contributed by atoms with van der Waals surface area (Å²) in [7, 11) is 0. The summed E-state index contributed by atoms with van der Waals surface area (Å²) < 4.78 is 17.0. The summed E-state index contributed by atoms with van der Waals surface area (Å²) in [4.78, 5) is 26.4. The summed E-state index contributed by atoms with van der Waals surface area (Å²) in [6.07, 6.45) is -0.866. The van der Waals surface area contributed by atoms with E-state index < -0.39 is 12.1 Å².